The lowest BCUT2D eigenvalue weighted by molar-refractivity contribution is -0.120. The van der Waals surface area contributed by atoms with Gasteiger partial charge in [0.15, 0.2) is 11.5 Å². The second kappa shape index (κ2) is 7.84. The molecule has 162 valence electrons. The molecule has 2 heterocycles. The number of aryl methyl sites for hydroxylation is 2. The first-order chi connectivity index (χ1) is 16.0. The highest BCUT2D eigenvalue weighted by molar-refractivity contribution is 6.46. The molecule has 0 aromatic heterocycles. The van der Waals surface area contributed by atoms with Crippen molar-refractivity contribution in [3.63, 3.8) is 0 Å². The maximum atomic E-state index is 13.6. The van der Waals surface area contributed by atoms with Gasteiger partial charge >= 0.3 is 0 Å². The number of anilines is 2. The minimum Gasteiger partial charge on any atom is -0.454 e. The summed E-state index contributed by atoms with van der Waals surface area (Å²) in [6.07, 6.45) is 0. The molecule has 0 unspecified atom stereocenters. The molecule has 0 radical (unpaired) electrons. The van der Waals surface area contributed by atoms with E-state index in [9.17, 15) is 9.59 Å². The second-order valence-electron chi connectivity index (χ2n) is 7.85. The summed E-state index contributed by atoms with van der Waals surface area (Å²) in [6.45, 7) is 4.09. The van der Waals surface area contributed by atoms with Crippen LogP contribution in [0.3, 0.4) is 0 Å². The molecule has 5 rings (SSSR count). The van der Waals surface area contributed by atoms with Crippen LogP contribution in [0.2, 0.25) is 0 Å². The third kappa shape index (κ3) is 3.48. The number of hydrogen-bond acceptors (Lipinski definition) is 6. The van der Waals surface area contributed by atoms with Gasteiger partial charge in [-0.05, 0) is 66.9 Å². The van der Waals surface area contributed by atoms with Crippen molar-refractivity contribution in [2.75, 3.05) is 17.0 Å². The summed E-state index contributed by atoms with van der Waals surface area (Å²) in [5.74, 6) is 0.276. The Morgan fingerprint density at radius 1 is 0.879 bits per heavy atom. The number of nitrogens with one attached hydrogen (secondary N) is 1. The van der Waals surface area contributed by atoms with Gasteiger partial charge in [-0.15, -0.1) is 0 Å². The monoisotopic (exact) mass is 437 g/mol. The van der Waals surface area contributed by atoms with E-state index >= 15 is 0 Å². The lowest BCUT2D eigenvalue weighted by Crippen LogP contribution is -2.32. The van der Waals surface area contributed by atoms with Crippen LogP contribution >= 0.6 is 0 Å². The largest absolute Gasteiger partial charge is 0.454 e. The molecule has 2 aliphatic heterocycles. The zero-order valence-corrected chi connectivity index (χ0v) is 18.0. The summed E-state index contributed by atoms with van der Waals surface area (Å²) in [6, 6.07) is 19.3. The van der Waals surface area contributed by atoms with Crippen molar-refractivity contribution in [3.05, 3.63) is 88.6 Å². The van der Waals surface area contributed by atoms with Gasteiger partial charge in [-0.2, -0.15) is 5.26 Å². The molecule has 0 spiro atoms. The molecule has 0 atom stereocenters. The number of nitrogens with zero attached hydrogens (tertiary/aromatic N) is 2. The molecular weight excluding hydrogens is 418 g/mol. The maximum absolute atomic E-state index is 13.6. The number of rotatable bonds is 4. The average molecular weight is 437 g/mol. The van der Waals surface area contributed by atoms with Gasteiger partial charge in [0.25, 0.3) is 11.8 Å². The van der Waals surface area contributed by atoms with Gasteiger partial charge in [0.1, 0.15) is 5.70 Å². The minimum atomic E-state index is -0.476. The van der Waals surface area contributed by atoms with E-state index in [1.807, 2.05) is 38.1 Å². The van der Waals surface area contributed by atoms with E-state index in [2.05, 4.69) is 5.32 Å². The van der Waals surface area contributed by atoms with Crippen molar-refractivity contribution >= 4 is 28.8 Å². The van der Waals surface area contributed by atoms with E-state index in [4.69, 9.17) is 14.7 Å². The standard InChI is InChI=1S/C26H19N3O4/c1-15-3-6-18(11-16(15)2)23-24(28-19-7-10-21-22(12-19)33-14-32-21)26(31)29(25(23)30)20-8-4-17(13-27)5-9-20/h3-12,28H,14H2,1-2H3. The zero-order chi connectivity index (χ0) is 23.1. The summed E-state index contributed by atoms with van der Waals surface area (Å²) in [7, 11) is 0. The highest BCUT2D eigenvalue weighted by Crippen LogP contribution is 2.38. The van der Waals surface area contributed by atoms with E-state index in [-0.39, 0.29) is 18.1 Å². The van der Waals surface area contributed by atoms with Crippen LogP contribution in [0.4, 0.5) is 11.4 Å². The van der Waals surface area contributed by atoms with Crippen molar-refractivity contribution in [3.8, 4) is 17.6 Å². The number of ether oxygens (including phenoxy) is 2. The predicted molar refractivity (Wildman–Crippen MR) is 123 cm³/mol. The molecule has 3 aromatic rings. The quantitative estimate of drug-likeness (QED) is 0.612. The Hall–Kier alpha value is -4.57. The molecule has 0 saturated carbocycles. The van der Waals surface area contributed by atoms with E-state index in [0.717, 1.165) is 16.0 Å². The highest BCUT2D eigenvalue weighted by Gasteiger charge is 2.40. The number of fused-ring (bicyclic) bond motifs is 1. The first kappa shape index (κ1) is 20.3. The number of carbonyl (C=O) groups is 2. The third-order valence-electron chi connectivity index (χ3n) is 5.78. The Labute approximate surface area is 190 Å². The molecule has 7 nitrogen and oxygen atoms in total. The number of benzene rings is 3. The summed E-state index contributed by atoms with van der Waals surface area (Å²) < 4.78 is 10.8. The predicted octanol–water partition coefficient (Wildman–Crippen LogP) is 4.30. The van der Waals surface area contributed by atoms with Crippen molar-refractivity contribution in [2.45, 2.75) is 13.8 Å². The molecule has 1 N–H and O–H groups in total. The van der Waals surface area contributed by atoms with E-state index in [1.54, 1.807) is 42.5 Å². The molecule has 7 heteroatoms. The first-order valence-corrected chi connectivity index (χ1v) is 10.3. The Bertz CT molecular complexity index is 1380. The lowest BCUT2D eigenvalue weighted by Gasteiger charge is -2.15. The number of amides is 2. The smallest absolute Gasteiger partial charge is 0.282 e. The van der Waals surface area contributed by atoms with Gasteiger partial charge < -0.3 is 14.8 Å². The van der Waals surface area contributed by atoms with E-state index in [0.29, 0.717) is 34.0 Å². The average Bonchev–Trinajstić information content (AvgIpc) is 3.38. The van der Waals surface area contributed by atoms with Crippen molar-refractivity contribution in [1.29, 1.82) is 5.26 Å². The molecule has 0 aliphatic carbocycles. The molecule has 0 fully saturated rings. The fourth-order valence-electron chi connectivity index (χ4n) is 3.85. The fourth-order valence-corrected chi connectivity index (χ4v) is 3.85. The van der Waals surface area contributed by atoms with Crippen molar-refractivity contribution in [2.24, 2.45) is 0 Å². The van der Waals surface area contributed by atoms with Gasteiger partial charge in [0.05, 0.1) is 22.9 Å². The van der Waals surface area contributed by atoms with Gasteiger partial charge in [0.2, 0.25) is 6.79 Å². The van der Waals surface area contributed by atoms with Crippen LogP contribution in [0.5, 0.6) is 11.5 Å². The topological polar surface area (TPSA) is 91.7 Å². The first-order valence-electron chi connectivity index (χ1n) is 10.3. The molecule has 2 aliphatic rings. The van der Waals surface area contributed by atoms with Crippen LogP contribution < -0.4 is 19.7 Å². The Balaban J connectivity index is 1.60. The summed E-state index contributed by atoms with van der Waals surface area (Å²) in [5.41, 5.74) is 4.64. The third-order valence-corrected chi connectivity index (χ3v) is 5.78. The van der Waals surface area contributed by atoms with Crippen LogP contribution in [0.1, 0.15) is 22.3 Å². The summed E-state index contributed by atoms with van der Waals surface area (Å²) in [5, 5.41) is 12.2. The van der Waals surface area contributed by atoms with Crippen LogP contribution in [0, 0.1) is 25.2 Å². The van der Waals surface area contributed by atoms with Gasteiger partial charge in [-0.25, -0.2) is 4.90 Å². The summed E-state index contributed by atoms with van der Waals surface area (Å²) >= 11 is 0. The summed E-state index contributed by atoms with van der Waals surface area (Å²) in [4.78, 5) is 28.2. The normalized spacial score (nSPS) is 14.6. The Morgan fingerprint density at radius 3 is 2.36 bits per heavy atom. The molecule has 3 aromatic carbocycles. The van der Waals surface area contributed by atoms with Gasteiger partial charge in [-0.1, -0.05) is 18.2 Å². The van der Waals surface area contributed by atoms with Crippen LogP contribution in [-0.4, -0.2) is 18.6 Å². The molecule has 33 heavy (non-hydrogen) atoms. The Morgan fingerprint density at radius 2 is 1.64 bits per heavy atom. The van der Waals surface area contributed by atoms with Crippen LogP contribution in [-0.2, 0) is 9.59 Å². The molecule has 2 amide bonds. The van der Waals surface area contributed by atoms with Crippen molar-refractivity contribution in [1.82, 2.24) is 0 Å². The lowest BCUT2D eigenvalue weighted by atomic mass is 9.99. The number of imide groups is 1. The van der Waals surface area contributed by atoms with E-state index < -0.39 is 11.8 Å². The minimum absolute atomic E-state index is 0.138. The molecular formula is C26H19N3O4. The molecule has 0 bridgehead atoms. The van der Waals surface area contributed by atoms with Gasteiger partial charge in [-0.3, -0.25) is 9.59 Å². The maximum Gasteiger partial charge on any atom is 0.282 e. The number of carbonyl (C=O) groups excluding carboxylic acids is 2. The molecule has 0 saturated heterocycles. The Kier molecular flexibility index (Phi) is 4.83. The van der Waals surface area contributed by atoms with Crippen molar-refractivity contribution < 1.29 is 19.1 Å². The number of nitriles is 1. The number of hydrogen-bond donors (Lipinski definition) is 1. The van der Waals surface area contributed by atoms with Crippen LogP contribution in [0.25, 0.3) is 5.57 Å². The van der Waals surface area contributed by atoms with Crippen LogP contribution in [0.15, 0.2) is 66.4 Å². The fraction of sp³-hybridized carbons (Fsp3) is 0.115. The SMILES string of the molecule is Cc1ccc(C2=C(Nc3ccc4c(c3)OCO4)C(=O)N(c3ccc(C#N)cc3)C2=O)cc1C. The zero-order valence-electron chi connectivity index (χ0n) is 18.0. The second-order valence-corrected chi connectivity index (χ2v) is 7.85. The van der Waals surface area contributed by atoms with Gasteiger partial charge in [0, 0.05) is 11.8 Å². The highest BCUT2D eigenvalue weighted by atomic mass is 16.7. The van der Waals surface area contributed by atoms with E-state index in [1.165, 1.54) is 0 Å².